The molecule has 1 aliphatic heterocycles. The summed E-state index contributed by atoms with van der Waals surface area (Å²) in [5.41, 5.74) is 0. The fourth-order valence-electron chi connectivity index (χ4n) is 2.95. The Bertz CT molecular complexity index is 609. The summed E-state index contributed by atoms with van der Waals surface area (Å²) in [5, 5.41) is 5.15. The van der Waals surface area contributed by atoms with Crippen LogP contribution in [-0.4, -0.2) is 38.6 Å². The summed E-state index contributed by atoms with van der Waals surface area (Å²) in [6.07, 6.45) is 1.95. The van der Waals surface area contributed by atoms with Crippen LogP contribution in [0.2, 0.25) is 0 Å². The average Bonchev–Trinajstić information content (AvgIpc) is 3.11. The van der Waals surface area contributed by atoms with Gasteiger partial charge in [0.05, 0.1) is 12.2 Å². The number of nitrogens with zero attached hydrogens (tertiary/aromatic N) is 1. The number of aromatic amines is 1. The van der Waals surface area contributed by atoms with Gasteiger partial charge in [-0.2, -0.15) is 0 Å². The number of piperazine rings is 1. The standard InChI is InChI=1S/C17H22N4OS/c1-14(15-5-4-12-23-15)19-17(22)13-20-8-10-21(11-9-20)16-6-2-3-7-18-16/h2-7,12,14H,8-11,13H2,1H3,(H,19,22)/p+2/t14-/m0/s1. The first-order valence-electron chi connectivity index (χ1n) is 8.10. The van der Waals surface area contributed by atoms with Crippen LogP contribution < -0.4 is 20.1 Å². The molecule has 23 heavy (non-hydrogen) atoms. The van der Waals surface area contributed by atoms with Gasteiger partial charge in [-0.1, -0.05) is 12.1 Å². The zero-order chi connectivity index (χ0) is 16.1. The molecule has 0 radical (unpaired) electrons. The predicted octanol–water partition coefficient (Wildman–Crippen LogP) is 0.145. The molecule has 122 valence electrons. The molecule has 0 bridgehead atoms. The summed E-state index contributed by atoms with van der Waals surface area (Å²) < 4.78 is 0. The SMILES string of the molecule is C[C@H](NC(=O)C[NH+]1CCN(c2cccc[nH+]2)CC1)c1cccs1. The van der Waals surface area contributed by atoms with Crippen molar-refractivity contribution in [2.45, 2.75) is 13.0 Å². The van der Waals surface area contributed by atoms with E-state index in [1.165, 1.54) is 9.78 Å². The summed E-state index contributed by atoms with van der Waals surface area (Å²) in [6.45, 7) is 6.53. The molecule has 0 aromatic carbocycles. The molecule has 2 aromatic heterocycles. The van der Waals surface area contributed by atoms with Crippen LogP contribution in [0.3, 0.4) is 0 Å². The van der Waals surface area contributed by atoms with Crippen LogP contribution in [0.5, 0.6) is 0 Å². The predicted molar refractivity (Wildman–Crippen MR) is 91.7 cm³/mol. The first-order valence-corrected chi connectivity index (χ1v) is 8.98. The lowest BCUT2D eigenvalue weighted by Crippen LogP contribution is -3.16. The van der Waals surface area contributed by atoms with E-state index >= 15 is 0 Å². The molecule has 2 aromatic rings. The minimum absolute atomic E-state index is 0.0992. The fourth-order valence-corrected chi connectivity index (χ4v) is 3.68. The Kier molecular flexibility index (Phi) is 5.25. The van der Waals surface area contributed by atoms with Crippen LogP contribution in [0.1, 0.15) is 17.8 Å². The minimum atomic E-state index is 0.0992. The van der Waals surface area contributed by atoms with E-state index in [1.807, 2.05) is 36.7 Å². The van der Waals surface area contributed by atoms with Crippen LogP contribution in [0, 0.1) is 0 Å². The maximum absolute atomic E-state index is 12.2. The molecule has 1 saturated heterocycles. The number of pyridine rings is 1. The van der Waals surface area contributed by atoms with Crippen LogP contribution in [-0.2, 0) is 4.79 Å². The number of carbonyl (C=O) groups excluding carboxylic acids is 1. The summed E-state index contributed by atoms with van der Waals surface area (Å²) in [6, 6.07) is 10.3. The van der Waals surface area contributed by atoms with E-state index in [9.17, 15) is 4.79 Å². The van der Waals surface area contributed by atoms with Crippen molar-refractivity contribution in [1.29, 1.82) is 0 Å². The van der Waals surface area contributed by atoms with Crippen molar-refractivity contribution in [3.8, 4) is 0 Å². The first kappa shape index (κ1) is 16.0. The Balaban J connectivity index is 1.44. The molecule has 0 unspecified atom stereocenters. The van der Waals surface area contributed by atoms with Crippen molar-refractivity contribution < 1.29 is 14.7 Å². The second kappa shape index (κ2) is 7.57. The maximum atomic E-state index is 12.2. The number of rotatable bonds is 5. The zero-order valence-corrected chi connectivity index (χ0v) is 14.2. The smallest absolute Gasteiger partial charge is 0.275 e. The number of thiophene rings is 1. The third kappa shape index (κ3) is 4.30. The number of aromatic nitrogens is 1. The highest BCUT2D eigenvalue weighted by Crippen LogP contribution is 2.17. The van der Waals surface area contributed by atoms with Crippen LogP contribution in [0.4, 0.5) is 5.82 Å². The number of carbonyl (C=O) groups is 1. The summed E-state index contributed by atoms with van der Waals surface area (Å²) in [5.74, 6) is 1.29. The maximum Gasteiger partial charge on any atom is 0.275 e. The van der Waals surface area contributed by atoms with E-state index in [1.54, 1.807) is 11.3 Å². The van der Waals surface area contributed by atoms with Crippen molar-refractivity contribution >= 4 is 23.1 Å². The molecule has 0 saturated carbocycles. The van der Waals surface area contributed by atoms with E-state index in [-0.39, 0.29) is 11.9 Å². The molecule has 3 rings (SSSR count). The number of H-pyrrole nitrogens is 1. The number of amides is 1. The van der Waals surface area contributed by atoms with Gasteiger partial charge in [0.1, 0.15) is 26.2 Å². The molecular weight excluding hydrogens is 308 g/mol. The van der Waals surface area contributed by atoms with Crippen LogP contribution in [0.25, 0.3) is 0 Å². The summed E-state index contributed by atoms with van der Waals surface area (Å²) in [4.78, 5) is 20.4. The van der Waals surface area contributed by atoms with Gasteiger partial charge in [0, 0.05) is 10.9 Å². The molecule has 1 atom stereocenters. The van der Waals surface area contributed by atoms with E-state index in [0.29, 0.717) is 6.54 Å². The van der Waals surface area contributed by atoms with Gasteiger partial charge >= 0.3 is 0 Å². The fraction of sp³-hybridized carbons (Fsp3) is 0.412. The highest BCUT2D eigenvalue weighted by molar-refractivity contribution is 7.10. The second-order valence-electron chi connectivity index (χ2n) is 5.97. The Morgan fingerprint density at radius 1 is 1.35 bits per heavy atom. The lowest BCUT2D eigenvalue weighted by Gasteiger charge is -2.28. The van der Waals surface area contributed by atoms with Gasteiger partial charge in [-0.15, -0.1) is 11.3 Å². The van der Waals surface area contributed by atoms with Crippen molar-refractivity contribution in [2.24, 2.45) is 0 Å². The third-order valence-corrected chi connectivity index (χ3v) is 5.32. The van der Waals surface area contributed by atoms with Crippen molar-refractivity contribution in [3.05, 3.63) is 46.8 Å². The molecule has 6 heteroatoms. The van der Waals surface area contributed by atoms with Gasteiger partial charge in [0.2, 0.25) is 0 Å². The quantitative estimate of drug-likeness (QED) is 0.819. The van der Waals surface area contributed by atoms with Crippen LogP contribution in [0.15, 0.2) is 41.9 Å². The van der Waals surface area contributed by atoms with E-state index in [0.717, 1.165) is 32.0 Å². The second-order valence-corrected chi connectivity index (χ2v) is 6.95. The Morgan fingerprint density at radius 2 is 2.17 bits per heavy atom. The largest absolute Gasteiger partial charge is 0.344 e. The molecule has 1 aliphatic rings. The number of anilines is 1. The third-order valence-electron chi connectivity index (χ3n) is 4.26. The lowest BCUT2D eigenvalue weighted by atomic mass is 10.2. The van der Waals surface area contributed by atoms with Crippen molar-refractivity contribution in [3.63, 3.8) is 0 Å². The molecule has 1 fully saturated rings. The van der Waals surface area contributed by atoms with E-state index in [2.05, 4.69) is 27.3 Å². The van der Waals surface area contributed by atoms with Gasteiger partial charge in [-0.25, -0.2) is 4.98 Å². The normalized spacial score (nSPS) is 17.0. The van der Waals surface area contributed by atoms with Gasteiger partial charge in [0.15, 0.2) is 6.54 Å². The zero-order valence-electron chi connectivity index (χ0n) is 13.4. The summed E-state index contributed by atoms with van der Waals surface area (Å²) >= 11 is 1.69. The number of quaternary nitrogens is 1. The number of hydrogen-bond acceptors (Lipinski definition) is 3. The molecule has 5 nitrogen and oxygen atoms in total. The van der Waals surface area contributed by atoms with Gasteiger partial charge in [-0.3, -0.25) is 9.69 Å². The molecule has 0 spiro atoms. The average molecular weight is 332 g/mol. The Hall–Kier alpha value is -1.92. The number of hydrogen-bond donors (Lipinski definition) is 2. The highest BCUT2D eigenvalue weighted by atomic mass is 32.1. The van der Waals surface area contributed by atoms with Gasteiger partial charge in [0.25, 0.3) is 11.7 Å². The molecule has 0 aliphatic carbocycles. The molecule has 1 amide bonds. The molecule has 3 N–H and O–H groups in total. The minimum Gasteiger partial charge on any atom is -0.344 e. The molecule has 3 heterocycles. The lowest BCUT2D eigenvalue weighted by molar-refractivity contribution is -0.892. The first-order chi connectivity index (χ1) is 11.2. The van der Waals surface area contributed by atoms with Gasteiger partial charge < -0.3 is 10.2 Å². The van der Waals surface area contributed by atoms with E-state index < -0.39 is 0 Å². The Morgan fingerprint density at radius 3 is 2.83 bits per heavy atom. The van der Waals surface area contributed by atoms with Crippen molar-refractivity contribution in [2.75, 3.05) is 37.6 Å². The highest BCUT2D eigenvalue weighted by Gasteiger charge is 2.27. The molecular formula is C17H24N4OS+2. The number of nitrogens with one attached hydrogen (secondary N) is 3. The van der Waals surface area contributed by atoms with Gasteiger partial charge in [-0.05, 0) is 24.4 Å². The summed E-state index contributed by atoms with van der Waals surface area (Å²) in [7, 11) is 0. The topological polar surface area (TPSA) is 50.9 Å². The Labute approximate surface area is 140 Å². The van der Waals surface area contributed by atoms with Crippen LogP contribution >= 0.6 is 11.3 Å². The van der Waals surface area contributed by atoms with E-state index in [4.69, 9.17) is 0 Å². The van der Waals surface area contributed by atoms with Crippen molar-refractivity contribution in [1.82, 2.24) is 5.32 Å². The monoisotopic (exact) mass is 332 g/mol.